The molecule has 0 bridgehead atoms. The van der Waals surface area contributed by atoms with Crippen molar-refractivity contribution in [2.24, 2.45) is 0 Å². The molecule has 0 unspecified atom stereocenters. The van der Waals surface area contributed by atoms with Gasteiger partial charge in [0.15, 0.2) is 34.9 Å². The van der Waals surface area contributed by atoms with Crippen molar-refractivity contribution in [3.63, 3.8) is 0 Å². The zero-order chi connectivity index (χ0) is 89.9. The molecule has 0 aliphatic heterocycles. The Morgan fingerprint density at radius 3 is 0.956 bits per heavy atom. The van der Waals surface area contributed by atoms with Gasteiger partial charge in [-0.2, -0.15) is 0 Å². The summed E-state index contributed by atoms with van der Waals surface area (Å²) >= 11 is 3.68. The van der Waals surface area contributed by atoms with Crippen LogP contribution in [0.4, 0.5) is 0 Å². The van der Waals surface area contributed by atoms with Gasteiger partial charge in [-0.05, 0) is 134 Å². The van der Waals surface area contributed by atoms with E-state index in [9.17, 15) is 0 Å². The highest BCUT2D eigenvalue weighted by Gasteiger charge is 2.28. The summed E-state index contributed by atoms with van der Waals surface area (Å²) in [5, 5.41) is 9.66. The quantitative estimate of drug-likeness (QED) is 0.0940. The molecule has 0 saturated heterocycles. The van der Waals surface area contributed by atoms with Gasteiger partial charge in [0.1, 0.15) is 0 Å². The van der Waals surface area contributed by atoms with Crippen LogP contribution in [0.2, 0.25) is 0 Å². The number of hydrogen-bond acceptors (Lipinski definition) is 10. The molecule has 0 aliphatic carbocycles. The monoisotopic (exact) mass is 1770 g/mol. The number of thiophene rings is 2. The Labute approximate surface area is 792 Å². The molecule has 0 radical (unpaired) electrons. The molecule has 136 heavy (non-hydrogen) atoms. The summed E-state index contributed by atoms with van der Waals surface area (Å²) in [4.78, 5) is 42.4. The SMILES string of the molecule is c1ccc(-c2ccc(-c3ccccc3)c(-c3cnc(-c4ccc5sc6c(ccc7c8ccccc8n(-c8ccccc8)c76)c5c4)c(-c4nc(-c5ccccc5)nc(-c5ccccc5)n4)c3)c2)cc1.c1ccc(-c2ccc(-c3ccccc3)c(-c3cnc(-c4cccc5sc6c(ccc7c8ccccc8n(-c8ccccc8)c76)c45)c(-c4nc(-c5ccccc5)nc(-c5ccccc5)n4)c3)c2)cc1. The average Bonchev–Trinajstić information content (AvgIpc) is 1.59. The van der Waals surface area contributed by atoms with E-state index in [0.717, 1.165) is 139 Å². The number of fused-ring (bicyclic) bond motifs is 14. The van der Waals surface area contributed by atoms with Crippen molar-refractivity contribution in [1.29, 1.82) is 0 Å². The Balaban J connectivity index is 0.000000145. The lowest BCUT2D eigenvalue weighted by atomic mass is 9.90. The van der Waals surface area contributed by atoms with Crippen molar-refractivity contribution >= 4 is 107 Å². The minimum absolute atomic E-state index is 0.547. The normalized spacial score (nSPS) is 11.5. The minimum atomic E-state index is 0.547. The lowest BCUT2D eigenvalue weighted by Crippen LogP contribution is -2.02. The van der Waals surface area contributed by atoms with Gasteiger partial charge in [0, 0.05) is 132 Å². The summed E-state index contributed by atoms with van der Waals surface area (Å²) in [6.45, 7) is 0. The highest BCUT2D eigenvalue weighted by molar-refractivity contribution is 7.27. The molecule has 0 atom stereocenters. The van der Waals surface area contributed by atoms with Crippen molar-refractivity contribution < 1.29 is 0 Å². The second-order valence-corrected chi connectivity index (χ2v) is 36.1. The van der Waals surface area contributed by atoms with Crippen LogP contribution in [0.1, 0.15) is 0 Å². The van der Waals surface area contributed by atoms with E-state index < -0.39 is 0 Å². The molecule has 0 fully saturated rings. The number of nitrogens with zero attached hydrogens (tertiary/aromatic N) is 10. The van der Waals surface area contributed by atoms with Crippen molar-refractivity contribution in [2.45, 2.75) is 0 Å². The van der Waals surface area contributed by atoms with Gasteiger partial charge in [-0.3, -0.25) is 9.97 Å². The summed E-state index contributed by atoms with van der Waals surface area (Å²) in [6, 6.07) is 162. The van der Waals surface area contributed by atoms with E-state index in [1.165, 1.54) is 78.6 Å². The molecule has 0 N–H and O–H groups in total. The Hall–Kier alpha value is -17.7. The summed E-state index contributed by atoms with van der Waals surface area (Å²) < 4.78 is 9.72. The van der Waals surface area contributed by atoms with E-state index in [-0.39, 0.29) is 0 Å². The zero-order valence-corrected chi connectivity index (χ0v) is 75.0. The third kappa shape index (κ3) is 14.6. The fraction of sp³-hybridized carbons (Fsp3) is 0. The third-order valence-electron chi connectivity index (χ3n) is 25.8. The van der Waals surface area contributed by atoms with Crippen LogP contribution in [0.3, 0.4) is 0 Å². The van der Waals surface area contributed by atoms with Crippen LogP contribution in [0.25, 0.3) is 253 Å². The van der Waals surface area contributed by atoms with Crippen LogP contribution in [0.5, 0.6) is 0 Å². The Bertz CT molecular complexity index is 8940. The number of para-hydroxylation sites is 4. The zero-order valence-electron chi connectivity index (χ0n) is 73.3. The number of rotatable bonds is 16. The maximum atomic E-state index is 5.54. The van der Waals surface area contributed by atoms with Crippen molar-refractivity contribution in [3.8, 4) is 169 Å². The average molecular weight is 1770 g/mol. The van der Waals surface area contributed by atoms with Gasteiger partial charge < -0.3 is 9.13 Å². The van der Waals surface area contributed by atoms with Crippen LogP contribution in [0.15, 0.2) is 473 Å². The second kappa shape index (κ2) is 34.6. The maximum absolute atomic E-state index is 5.54. The number of benzene rings is 18. The second-order valence-electron chi connectivity index (χ2n) is 33.9. The molecule has 0 saturated carbocycles. The fourth-order valence-electron chi connectivity index (χ4n) is 19.4. The highest BCUT2D eigenvalue weighted by atomic mass is 32.1. The molecule has 10 nitrogen and oxygen atoms in total. The van der Waals surface area contributed by atoms with Gasteiger partial charge in [0.2, 0.25) is 0 Å². The van der Waals surface area contributed by atoms with Crippen LogP contribution < -0.4 is 0 Å². The first-order valence-corrected chi connectivity index (χ1v) is 47.2. The smallest absolute Gasteiger partial charge is 0.166 e. The summed E-state index contributed by atoms with van der Waals surface area (Å²) in [5.74, 6) is 3.48. The summed E-state index contributed by atoms with van der Waals surface area (Å²) in [7, 11) is 0. The topological polar surface area (TPSA) is 113 Å². The number of pyridine rings is 2. The first-order valence-electron chi connectivity index (χ1n) is 45.6. The first-order chi connectivity index (χ1) is 67.4. The molecule has 0 spiro atoms. The number of aromatic nitrogens is 10. The molecule has 26 aromatic rings. The predicted molar refractivity (Wildman–Crippen MR) is 566 cm³/mol. The molecule has 8 heterocycles. The largest absolute Gasteiger partial charge is 0.308 e. The van der Waals surface area contributed by atoms with Crippen LogP contribution in [-0.4, -0.2) is 49.0 Å². The number of hydrogen-bond donors (Lipinski definition) is 0. The summed E-state index contributed by atoms with van der Waals surface area (Å²) in [6.07, 6.45) is 4.05. The Morgan fingerprint density at radius 1 is 0.176 bits per heavy atom. The molecule has 0 amide bonds. The van der Waals surface area contributed by atoms with Crippen LogP contribution in [0, 0.1) is 0 Å². The molecular weight excluding hydrogens is 1690 g/mol. The van der Waals surface area contributed by atoms with Crippen molar-refractivity contribution in [3.05, 3.63) is 473 Å². The van der Waals surface area contributed by atoms with Crippen molar-refractivity contribution in [2.75, 3.05) is 0 Å². The van der Waals surface area contributed by atoms with Gasteiger partial charge >= 0.3 is 0 Å². The molecule has 8 aromatic heterocycles. The Morgan fingerprint density at radius 2 is 0.515 bits per heavy atom. The van der Waals surface area contributed by atoms with Crippen LogP contribution in [-0.2, 0) is 0 Å². The first kappa shape index (κ1) is 80.4. The Kier molecular flexibility index (Phi) is 20.4. The van der Waals surface area contributed by atoms with E-state index >= 15 is 0 Å². The molecule has 18 aromatic carbocycles. The van der Waals surface area contributed by atoms with E-state index in [1.807, 2.05) is 108 Å². The van der Waals surface area contributed by atoms with Gasteiger partial charge in [-0.25, -0.2) is 29.9 Å². The van der Waals surface area contributed by atoms with E-state index in [2.05, 4.69) is 397 Å². The lowest BCUT2D eigenvalue weighted by molar-refractivity contribution is 1.07. The lowest BCUT2D eigenvalue weighted by Gasteiger charge is -2.17. The van der Waals surface area contributed by atoms with E-state index in [4.69, 9.17) is 39.9 Å². The summed E-state index contributed by atoms with van der Waals surface area (Å²) in [5.41, 5.74) is 29.0. The standard InChI is InChI=1S/2C62H39N5S/c1-6-19-40(20-7-1)44-33-34-47(41-21-8-2-9-22-41)52(37-44)45-38-53(62-65-60(42-23-10-3-11-24-42)64-61(66-62)43-25-12-4-13-26-43)57(63-39-45)50-30-18-32-55-56(50)51-36-35-49-48-29-16-17-31-54(48)67(58(49)59(51)68-55)46-27-14-5-15-28-46;1-6-18-40(19-7-1)44-30-32-48(41-20-8-2-9-21-41)52(36-44)46-38-54(62-65-60(42-22-10-3-11-23-42)64-61(66-62)43-24-12-4-13-25-43)57(63-39-46)45-31-35-56-53(37-45)51-34-33-50-49-28-16-17-29-55(49)67(58(50)59(51)68-56)47-26-14-5-15-27-47/h2*1-39H. The van der Waals surface area contributed by atoms with E-state index in [0.29, 0.717) is 34.9 Å². The molecular formula is C124H78N10S2. The van der Waals surface area contributed by atoms with Gasteiger partial charge in [-0.15, -0.1) is 22.7 Å². The molecule has 636 valence electrons. The molecule has 0 aliphatic rings. The predicted octanol–water partition coefficient (Wildman–Crippen LogP) is 32.8. The maximum Gasteiger partial charge on any atom is 0.166 e. The third-order valence-corrected chi connectivity index (χ3v) is 28.2. The van der Waals surface area contributed by atoms with Gasteiger partial charge in [-0.1, -0.05) is 382 Å². The van der Waals surface area contributed by atoms with Gasteiger partial charge in [0.05, 0.1) is 42.9 Å². The molecule has 12 heteroatoms. The van der Waals surface area contributed by atoms with Crippen LogP contribution >= 0.6 is 22.7 Å². The van der Waals surface area contributed by atoms with Gasteiger partial charge in [0.25, 0.3) is 0 Å². The van der Waals surface area contributed by atoms with Crippen molar-refractivity contribution in [1.82, 2.24) is 49.0 Å². The highest BCUT2D eigenvalue weighted by Crippen LogP contribution is 2.51. The molecule has 26 rings (SSSR count). The van der Waals surface area contributed by atoms with E-state index in [1.54, 1.807) is 0 Å². The fourth-order valence-corrected chi connectivity index (χ4v) is 21.9. The minimum Gasteiger partial charge on any atom is -0.308 e.